The molecule has 0 bridgehead atoms. The molecule has 6 heteroatoms. The Hall–Kier alpha value is -1.27. The molecule has 20 heavy (non-hydrogen) atoms. The number of sulfonamides is 1. The zero-order chi connectivity index (χ0) is 15.2. The van der Waals surface area contributed by atoms with E-state index in [1.54, 1.807) is 26.0 Å². The van der Waals surface area contributed by atoms with E-state index in [9.17, 15) is 8.42 Å². The van der Waals surface area contributed by atoms with Crippen LogP contribution in [0.2, 0.25) is 0 Å². The second-order valence-corrected chi connectivity index (χ2v) is 7.19. The lowest BCUT2D eigenvalue weighted by molar-refractivity contribution is 0.199. The summed E-state index contributed by atoms with van der Waals surface area (Å²) in [5.74, 6) is 1.36. The number of nitrogens with two attached hydrogens (primary N) is 1. The van der Waals surface area contributed by atoms with E-state index < -0.39 is 15.4 Å². The van der Waals surface area contributed by atoms with Gasteiger partial charge in [0.1, 0.15) is 11.5 Å². The second-order valence-electron chi connectivity index (χ2n) is 5.58. The van der Waals surface area contributed by atoms with Crippen LogP contribution in [0.25, 0.3) is 0 Å². The average molecular weight is 301 g/mol. The van der Waals surface area contributed by atoms with E-state index in [0.29, 0.717) is 12.4 Å². The van der Waals surface area contributed by atoms with Crippen molar-refractivity contribution in [3.63, 3.8) is 0 Å². The second kappa shape index (κ2) is 6.95. The lowest BCUT2D eigenvalue weighted by atomic mass is 9.98. The van der Waals surface area contributed by atoms with E-state index in [0.717, 1.165) is 12.2 Å². The third-order valence-electron chi connectivity index (χ3n) is 2.52. The predicted molar refractivity (Wildman–Crippen MR) is 79.5 cm³/mol. The van der Waals surface area contributed by atoms with E-state index in [-0.39, 0.29) is 12.4 Å². The average Bonchev–Trinajstić information content (AvgIpc) is 2.32. The lowest BCUT2D eigenvalue weighted by Crippen LogP contribution is -2.33. The Labute approximate surface area is 121 Å². The SMILES string of the molecule is CCCOc1ccc(OCC(C)(C)CS(N)(=O)=O)cc1. The van der Waals surface area contributed by atoms with Crippen LogP contribution in [0.3, 0.4) is 0 Å². The standard InChI is InChI=1S/C14H23NO4S/c1-4-9-18-12-5-7-13(8-6-12)19-10-14(2,3)11-20(15,16)17/h5-8H,4,9-11H2,1-3H3,(H2,15,16,17). The molecule has 0 unspecified atom stereocenters. The molecule has 0 spiro atoms. The fourth-order valence-corrected chi connectivity index (χ4v) is 2.89. The van der Waals surface area contributed by atoms with Gasteiger partial charge in [0.2, 0.25) is 10.0 Å². The molecule has 1 aromatic rings. The van der Waals surface area contributed by atoms with Crippen LogP contribution in [0.4, 0.5) is 0 Å². The Morgan fingerprint density at radius 2 is 1.60 bits per heavy atom. The molecule has 0 amide bonds. The highest BCUT2D eigenvalue weighted by atomic mass is 32.2. The molecule has 0 saturated heterocycles. The van der Waals surface area contributed by atoms with Crippen molar-refractivity contribution in [3.8, 4) is 11.5 Å². The molecular weight excluding hydrogens is 278 g/mol. The number of benzene rings is 1. The van der Waals surface area contributed by atoms with Gasteiger partial charge in [-0.2, -0.15) is 0 Å². The van der Waals surface area contributed by atoms with Crippen LogP contribution in [0.5, 0.6) is 11.5 Å². The summed E-state index contributed by atoms with van der Waals surface area (Å²) in [7, 11) is -3.50. The topological polar surface area (TPSA) is 78.6 Å². The summed E-state index contributed by atoms with van der Waals surface area (Å²) in [5.41, 5.74) is -0.537. The van der Waals surface area contributed by atoms with E-state index in [4.69, 9.17) is 14.6 Å². The maximum absolute atomic E-state index is 11.1. The first-order valence-corrected chi connectivity index (χ1v) is 8.29. The number of ether oxygens (including phenoxy) is 2. The molecule has 1 rings (SSSR count). The van der Waals surface area contributed by atoms with Crippen LogP contribution in [0.15, 0.2) is 24.3 Å². The summed E-state index contributed by atoms with van der Waals surface area (Å²) in [5, 5.41) is 5.06. The quantitative estimate of drug-likeness (QED) is 0.798. The van der Waals surface area contributed by atoms with Gasteiger partial charge in [0.25, 0.3) is 0 Å². The maximum atomic E-state index is 11.1. The zero-order valence-corrected chi connectivity index (χ0v) is 13.1. The first kappa shape index (κ1) is 16.8. The Morgan fingerprint density at radius 1 is 1.10 bits per heavy atom. The fraction of sp³-hybridized carbons (Fsp3) is 0.571. The van der Waals surface area contributed by atoms with Gasteiger partial charge in [0.15, 0.2) is 0 Å². The third kappa shape index (κ3) is 6.77. The van der Waals surface area contributed by atoms with Crippen molar-refractivity contribution in [1.29, 1.82) is 0 Å². The molecule has 1 aromatic carbocycles. The molecule has 0 aliphatic rings. The van der Waals surface area contributed by atoms with Crippen LogP contribution in [-0.2, 0) is 10.0 Å². The molecule has 0 aromatic heterocycles. The van der Waals surface area contributed by atoms with E-state index in [2.05, 4.69) is 0 Å². The predicted octanol–water partition coefficient (Wildman–Crippen LogP) is 2.17. The van der Waals surface area contributed by atoms with Gasteiger partial charge in [-0.3, -0.25) is 0 Å². The van der Waals surface area contributed by atoms with Gasteiger partial charge in [-0.05, 0) is 30.7 Å². The van der Waals surface area contributed by atoms with Crippen molar-refractivity contribution in [2.75, 3.05) is 19.0 Å². The van der Waals surface area contributed by atoms with Gasteiger partial charge < -0.3 is 9.47 Å². The van der Waals surface area contributed by atoms with Gasteiger partial charge >= 0.3 is 0 Å². The summed E-state index contributed by atoms with van der Waals surface area (Å²) in [6, 6.07) is 7.27. The normalized spacial score (nSPS) is 12.2. The molecule has 5 nitrogen and oxygen atoms in total. The largest absolute Gasteiger partial charge is 0.494 e. The highest BCUT2D eigenvalue weighted by Crippen LogP contribution is 2.22. The van der Waals surface area contributed by atoms with Crippen molar-refractivity contribution < 1.29 is 17.9 Å². The van der Waals surface area contributed by atoms with Crippen molar-refractivity contribution in [3.05, 3.63) is 24.3 Å². The van der Waals surface area contributed by atoms with Crippen molar-refractivity contribution in [2.24, 2.45) is 10.6 Å². The smallest absolute Gasteiger partial charge is 0.209 e. The Bertz CT molecular complexity index is 508. The summed E-state index contributed by atoms with van der Waals surface area (Å²) in [6.45, 7) is 6.61. The third-order valence-corrected chi connectivity index (χ3v) is 3.70. The minimum absolute atomic E-state index is 0.113. The number of rotatable bonds is 8. The molecule has 0 heterocycles. The van der Waals surface area contributed by atoms with Gasteiger partial charge in [-0.25, -0.2) is 13.6 Å². The van der Waals surface area contributed by atoms with Gasteiger partial charge in [0, 0.05) is 5.41 Å². The summed E-state index contributed by atoms with van der Waals surface area (Å²) in [4.78, 5) is 0. The van der Waals surface area contributed by atoms with Crippen molar-refractivity contribution in [2.45, 2.75) is 27.2 Å². The van der Waals surface area contributed by atoms with Crippen LogP contribution >= 0.6 is 0 Å². The monoisotopic (exact) mass is 301 g/mol. The summed E-state index contributed by atoms with van der Waals surface area (Å²) < 4.78 is 33.3. The molecule has 0 radical (unpaired) electrons. The Morgan fingerprint density at radius 3 is 2.05 bits per heavy atom. The Kier molecular flexibility index (Phi) is 5.83. The maximum Gasteiger partial charge on any atom is 0.209 e. The summed E-state index contributed by atoms with van der Waals surface area (Å²) >= 11 is 0. The highest BCUT2D eigenvalue weighted by Gasteiger charge is 2.25. The zero-order valence-electron chi connectivity index (χ0n) is 12.3. The molecule has 0 aliphatic heterocycles. The van der Waals surface area contributed by atoms with E-state index >= 15 is 0 Å². The lowest BCUT2D eigenvalue weighted by Gasteiger charge is -2.23. The fourth-order valence-electron chi connectivity index (χ4n) is 1.72. The highest BCUT2D eigenvalue weighted by molar-refractivity contribution is 7.89. The first-order chi connectivity index (χ1) is 9.22. The first-order valence-electron chi connectivity index (χ1n) is 6.58. The number of primary sulfonamides is 1. The van der Waals surface area contributed by atoms with Crippen LogP contribution < -0.4 is 14.6 Å². The van der Waals surface area contributed by atoms with E-state index in [1.807, 2.05) is 19.1 Å². The minimum Gasteiger partial charge on any atom is -0.494 e. The summed E-state index contributed by atoms with van der Waals surface area (Å²) in [6.07, 6.45) is 0.958. The molecule has 114 valence electrons. The Balaban J connectivity index is 2.53. The van der Waals surface area contributed by atoms with Crippen LogP contribution in [0.1, 0.15) is 27.2 Å². The molecule has 2 N–H and O–H groups in total. The molecule has 0 aliphatic carbocycles. The van der Waals surface area contributed by atoms with Gasteiger partial charge in [0.05, 0.1) is 19.0 Å². The molecular formula is C14H23NO4S. The molecule has 0 fully saturated rings. The van der Waals surface area contributed by atoms with Gasteiger partial charge in [-0.15, -0.1) is 0 Å². The minimum atomic E-state index is -3.50. The van der Waals surface area contributed by atoms with Gasteiger partial charge in [-0.1, -0.05) is 20.8 Å². The number of hydrogen-bond donors (Lipinski definition) is 1. The molecule has 0 atom stereocenters. The van der Waals surface area contributed by atoms with Crippen molar-refractivity contribution >= 4 is 10.0 Å². The van der Waals surface area contributed by atoms with Crippen molar-refractivity contribution in [1.82, 2.24) is 0 Å². The molecule has 0 saturated carbocycles. The van der Waals surface area contributed by atoms with E-state index in [1.165, 1.54) is 0 Å². The number of hydrogen-bond acceptors (Lipinski definition) is 4. The van der Waals surface area contributed by atoms with Crippen LogP contribution in [-0.4, -0.2) is 27.4 Å². The van der Waals surface area contributed by atoms with Crippen LogP contribution in [0, 0.1) is 5.41 Å².